The molecule has 1 fully saturated rings. The van der Waals surface area contributed by atoms with Gasteiger partial charge in [-0.05, 0) is 31.0 Å². The summed E-state index contributed by atoms with van der Waals surface area (Å²) in [7, 11) is 0. The van der Waals surface area contributed by atoms with Crippen molar-refractivity contribution >= 4 is 23.7 Å². The zero-order valence-corrected chi connectivity index (χ0v) is 17.5. The number of nitrogens with zero attached hydrogens (tertiary/aromatic N) is 1. The summed E-state index contributed by atoms with van der Waals surface area (Å²) in [5, 5.41) is 3.88. The van der Waals surface area contributed by atoms with Gasteiger partial charge in [-0.3, -0.25) is 29.6 Å². The molecule has 0 aliphatic carbocycles. The van der Waals surface area contributed by atoms with Gasteiger partial charge in [-0.2, -0.15) is 0 Å². The third kappa shape index (κ3) is 5.69. The first-order valence-electron chi connectivity index (χ1n) is 10.0. The van der Waals surface area contributed by atoms with E-state index in [1.807, 2.05) is 43.3 Å². The number of aryl methyl sites for hydroxylation is 1. The maximum atomic E-state index is 12.4. The van der Waals surface area contributed by atoms with Gasteiger partial charge in [-0.15, -0.1) is 0 Å². The van der Waals surface area contributed by atoms with Gasteiger partial charge in [-0.1, -0.05) is 48.5 Å². The lowest BCUT2D eigenvalue weighted by molar-refractivity contribution is -0.152. The fourth-order valence-corrected chi connectivity index (χ4v) is 3.35. The molecule has 8 nitrogen and oxygen atoms in total. The van der Waals surface area contributed by atoms with Gasteiger partial charge in [0.2, 0.25) is 5.91 Å². The Hall–Kier alpha value is -3.68. The Labute approximate surface area is 180 Å². The van der Waals surface area contributed by atoms with Gasteiger partial charge in [0, 0.05) is 12.0 Å². The van der Waals surface area contributed by atoms with Gasteiger partial charge in [0.15, 0.2) is 6.61 Å². The van der Waals surface area contributed by atoms with Crippen LogP contribution < -0.4 is 10.7 Å². The lowest BCUT2D eigenvalue weighted by Gasteiger charge is -2.18. The summed E-state index contributed by atoms with van der Waals surface area (Å²) in [6.45, 7) is 3.19. The molecule has 0 aromatic heterocycles. The molecule has 2 atom stereocenters. The van der Waals surface area contributed by atoms with Crippen LogP contribution in [0.15, 0.2) is 54.6 Å². The molecule has 1 saturated heterocycles. The number of amides is 3. The van der Waals surface area contributed by atoms with Gasteiger partial charge in [0.1, 0.15) is 0 Å². The van der Waals surface area contributed by atoms with Crippen LogP contribution in [0.1, 0.15) is 40.9 Å². The van der Waals surface area contributed by atoms with Crippen LogP contribution in [-0.2, 0) is 19.1 Å². The normalized spacial score (nSPS) is 16.5. The second-order valence-electron chi connectivity index (χ2n) is 7.47. The highest BCUT2D eigenvalue weighted by molar-refractivity contribution is 5.97. The molecule has 31 heavy (non-hydrogen) atoms. The van der Waals surface area contributed by atoms with Crippen LogP contribution in [0.4, 0.5) is 0 Å². The fourth-order valence-electron chi connectivity index (χ4n) is 3.35. The molecule has 2 aromatic rings. The van der Waals surface area contributed by atoms with Crippen LogP contribution in [0, 0.1) is 12.8 Å². The van der Waals surface area contributed by atoms with Crippen LogP contribution in [0.25, 0.3) is 0 Å². The van der Waals surface area contributed by atoms with Crippen molar-refractivity contribution in [1.29, 1.82) is 0 Å². The van der Waals surface area contributed by atoms with E-state index in [1.165, 1.54) is 0 Å². The highest BCUT2D eigenvalue weighted by Gasteiger charge is 2.36. The maximum Gasteiger partial charge on any atom is 0.311 e. The van der Waals surface area contributed by atoms with Crippen molar-refractivity contribution in [1.82, 2.24) is 15.8 Å². The Morgan fingerprint density at radius 2 is 1.77 bits per heavy atom. The number of hydrogen-bond donors (Lipinski definition) is 2. The van der Waals surface area contributed by atoms with Crippen molar-refractivity contribution in [2.45, 2.75) is 26.3 Å². The van der Waals surface area contributed by atoms with Crippen molar-refractivity contribution in [3.8, 4) is 0 Å². The number of hydrogen-bond acceptors (Lipinski definition) is 5. The fraction of sp³-hybridized carbons (Fsp3) is 0.304. The van der Waals surface area contributed by atoms with E-state index in [2.05, 4.69) is 10.7 Å². The molecule has 162 valence electrons. The molecule has 3 amide bonds. The average molecular weight is 423 g/mol. The van der Waals surface area contributed by atoms with Crippen molar-refractivity contribution < 1.29 is 23.9 Å². The molecule has 2 aromatic carbocycles. The Morgan fingerprint density at radius 3 is 2.48 bits per heavy atom. The first-order chi connectivity index (χ1) is 14.8. The summed E-state index contributed by atoms with van der Waals surface area (Å²) < 4.78 is 5.09. The highest BCUT2D eigenvalue weighted by Crippen LogP contribution is 2.18. The summed E-state index contributed by atoms with van der Waals surface area (Å²) in [4.78, 5) is 49.0. The third-order valence-corrected chi connectivity index (χ3v) is 5.11. The molecule has 0 radical (unpaired) electrons. The third-order valence-electron chi connectivity index (χ3n) is 5.11. The predicted molar refractivity (Wildman–Crippen MR) is 112 cm³/mol. The molecule has 1 aliphatic rings. The van der Waals surface area contributed by atoms with Crippen molar-refractivity contribution in [3.05, 3.63) is 71.3 Å². The van der Waals surface area contributed by atoms with E-state index in [-0.39, 0.29) is 24.9 Å². The second kappa shape index (κ2) is 9.88. The van der Waals surface area contributed by atoms with Gasteiger partial charge in [-0.25, -0.2) is 0 Å². The number of benzene rings is 2. The van der Waals surface area contributed by atoms with Gasteiger partial charge >= 0.3 is 5.97 Å². The Bertz CT molecular complexity index is 976. The topological polar surface area (TPSA) is 105 Å². The molecule has 0 unspecified atom stereocenters. The first-order valence-corrected chi connectivity index (χ1v) is 10.0. The highest BCUT2D eigenvalue weighted by atomic mass is 16.5. The largest absolute Gasteiger partial charge is 0.455 e. The van der Waals surface area contributed by atoms with E-state index in [9.17, 15) is 19.2 Å². The van der Waals surface area contributed by atoms with E-state index in [0.29, 0.717) is 5.56 Å². The van der Waals surface area contributed by atoms with Crippen LogP contribution >= 0.6 is 0 Å². The summed E-state index contributed by atoms with van der Waals surface area (Å²) in [6.07, 6.45) is -0.0884. The van der Waals surface area contributed by atoms with Crippen LogP contribution in [0.3, 0.4) is 0 Å². The summed E-state index contributed by atoms with van der Waals surface area (Å²) in [5.41, 5.74) is 4.70. The molecular formula is C23H25N3O5. The summed E-state index contributed by atoms with van der Waals surface area (Å²) in [5.74, 6) is -2.63. The van der Waals surface area contributed by atoms with Crippen molar-refractivity contribution in [2.75, 3.05) is 13.2 Å². The molecule has 0 spiro atoms. The standard InChI is InChI=1S/C23H25N3O5/c1-15-8-6-7-11-19(15)22(29)25-26-13-18(12-21(26)28)23(30)31-14-20(27)24-16(2)17-9-4-3-5-10-17/h3-11,16,18H,12-14H2,1-2H3,(H,24,27)(H,25,29)/t16-,18+/m0/s1. The number of ether oxygens (including phenoxy) is 1. The molecule has 1 aliphatic heterocycles. The average Bonchev–Trinajstić information content (AvgIpc) is 3.13. The lowest BCUT2D eigenvalue weighted by atomic mass is 10.1. The molecule has 8 heteroatoms. The van der Waals surface area contributed by atoms with E-state index in [4.69, 9.17) is 4.74 Å². The van der Waals surface area contributed by atoms with Crippen LogP contribution in [0.5, 0.6) is 0 Å². The number of carbonyl (C=O) groups excluding carboxylic acids is 4. The number of esters is 1. The van der Waals surface area contributed by atoms with Crippen molar-refractivity contribution in [3.63, 3.8) is 0 Å². The molecule has 2 N–H and O–H groups in total. The second-order valence-corrected chi connectivity index (χ2v) is 7.47. The Morgan fingerprint density at radius 1 is 1.10 bits per heavy atom. The van der Waals surface area contributed by atoms with Crippen molar-refractivity contribution in [2.24, 2.45) is 5.92 Å². The minimum absolute atomic E-state index is 0.00265. The van der Waals surface area contributed by atoms with E-state index in [0.717, 1.165) is 16.1 Å². The van der Waals surface area contributed by atoms with E-state index >= 15 is 0 Å². The lowest BCUT2D eigenvalue weighted by Crippen LogP contribution is -2.43. The number of carbonyl (C=O) groups is 4. The van der Waals surface area contributed by atoms with E-state index in [1.54, 1.807) is 25.1 Å². The molecule has 3 rings (SSSR count). The minimum Gasteiger partial charge on any atom is -0.455 e. The SMILES string of the molecule is Cc1ccccc1C(=O)NN1C[C@H](C(=O)OCC(=O)N[C@@H](C)c2ccccc2)CC1=O. The Kier molecular flexibility index (Phi) is 7.02. The molecular weight excluding hydrogens is 398 g/mol. The predicted octanol–water partition coefficient (Wildman–Crippen LogP) is 1.91. The minimum atomic E-state index is -0.746. The van der Waals surface area contributed by atoms with Gasteiger partial charge < -0.3 is 10.1 Å². The summed E-state index contributed by atoms with van der Waals surface area (Å²) in [6, 6.07) is 16.2. The molecule has 0 bridgehead atoms. The quantitative estimate of drug-likeness (QED) is 0.662. The number of rotatable bonds is 7. The zero-order valence-electron chi connectivity index (χ0n) is 17.5. The number of hydrazine groups is 1. The van der Waals surface area contributed by atoms with E-state index < -0.39 is 30.3 Å². The van der Waals surface area contributed by atoms with Gasteiger partial charge in [0.05, 0.1) is 18.5 Å². The Balaban J connectivity index is 1.47. The monoisotopic (exact) mass is 423 g/mol. The van der Waals surface area contributed by atoms with Crippen LogP contribution in [0.2, 0.25) is 0 Å². The maximum absolute atomic E-state index is 12.4. The first kappa shape index (κ1) is 22.0. The van der Waals surface area contributed by atoms with Crippen LogP contribution in [-0.4, -0.2) is 41.9 Å². The van der Waals surface area contributed by atoms with Gasteiger partial charge in [0.25, 0.3) is 11.8 Å². The summed E-state index contributed by atoms with van der Waals surface area (Å²) >= 11 is 0. The molecule has 1 heterocycles. The zero-order chi connectivity index (χ0) is 22.4. The molecule has 0 saturated carbocycles. The number of nitrogens with one attached hydrogen (secondary N) is 2. The smallest absolute Gasteiger partial charge is 0.311 e.